The number of nitrogens with zero attached hydrogens (tertiary/aromatic N) is 2. The Bertz CT molecular complexity index is 838. The van der Waals surface area contributed by atoms with Gasteiger partial charge in [-0.15, -0.1) is 0 Å². The van der Waals surface area contributed by atoms with Crippen LogP contribution >= 0.6 is 0 Å². The molecule has 0 N–H and O–H groups in total. The molecule has 2 unspecified atom stereocenters. The van der Waals surface area contributed by atoms with Gasteiger partial charge >= 0.3 is 11.9 Å². The maximum atomic E-state index is 12.6. The van der Waals surface area contributed by atoms with E-state index in [1.54, 1.807) is 0 Å². The third kappa shape index (κ3) is 7.50. The lowest BCUT2D eigenvalue weighted by atomic mass is 9.79. The van der Waals surface area contributed by atoms with Gasteiger partial charge in [-0.3, -0.25) is 19.4 Å². The average molecular weight is 533 g/mol. The van der Waals surface area contributed by atoms with Crippen molar-refractivity contribution in [2.45, 2.75) is 155 Å². The van der Waals surface area contributed by atoms with E-state index in [0.29, 0.717) is 12.8 Å². The second-order valence-corrected chi connectivity index (χ2v) is 13.9. The zero-order valence-electron chi connectivity index (χ0n) is 26.5. The number of likely N-dealkylation sites (N-methyl/N-ethyl adjacent to an activating group) is 2. The van der Waals surface area contributed by atoms with Crippen molar-refractivity contribution < 1.29 is 19.1 Å². The number of rotatable bonds is 11. The smallest absolute Gasteiger partial charge is 0.306 e. The quantitative estimate of drug-likeness (QED) is 0.165. The summed E-state index contributed by atoms with van der Waals surface area (Å²) in [4.78, 5) is 29.7. The van der Waals surface area contributed by atoms with Gasteiger partial charge in [0.1, 0.15) is 12.2 Å². The van der Waals surface area contributed by atoms with Crippen LogP contribution in [0.25, 0.3) is 0 Å². The second kappa shape index (κ2) is 12.2. The molecule has 0 saturated heterocycles. The fraction of sp³-hybridized carbons (Fsp3) is 0.812. The zero-order valence-corrected chi connectivity index (χ0v) is 26.5. The van der Waals surface area contributed by atoms with Gasteiger partial charge in [-0.2, -0.15) is 0 Å². The van der Waals surface area contributed by atoms with Crippen molar-refractivity contribution in [3.05, 3.63) is 23.3 Å². The molecule has 0 aromatic rings. The Morgan fingerprint density at radius 2 is 0.921 bits per heavy atom. The first-order chi connectivity index (χ1) is 17.3. The Balaban J connectivity index is 1.65. The molecule has 0 aromatic heterocycles. The van der Waals surface area contributed by atoms with E-state index in [1.807, 2.05) is 0 Å². The predicted octanol–water partition coefficient (Wildman–Crippen LogP) is 6.83. The van der Waals surface area contributed by atoms with E-state index in [9.17, 15) is 9.59 Å². The summed E-state index contributed by atoms with van der Waals surface area (Å²) in [7, 11) is 4.19. The van der Waals surface area contributed by atoms with Gasteiger partial charge in [-0.25, -0.2) is 0 Å². The molecule has 0 radical (unpaired) electrons. The number of hydrogen-bond acceptors (Lipinski definition) is 6. The molecule has 2 heterocycles. The van der Waals surface area contributed by atoms with Gasteiger partial charge in [0, 0.05) is 23.9 Å². The van der Waals surface area contributed by atoms with E-state index in [2.05, 4.69) is 105 Å². The number of esters is 2. The van der Waals surface area contributed by atoms with E-state index in [1.165, 1.54) is 0 Å². The molecule has 2 rings (SSSR count). The largest absolute Gasteiger partial charge is 0.456 e. The summed E-state index contributed by atoms with van der Waals surface area (Å²) in [5, 5.41) is 0. The van der Waals surface area contributed by atoms with Crippen molar-refractivity contribution in [2.75, 3.05) is 14.1 Å². The topological polar surface area (TPSA) is 59.1 Å². The molecule has 0 fully saturated rings. The molecule has 0 aromatic carbocycles. The highest BCUT2D eigenvalue weighted by atomic mass is 16.5. The minimum absolute atomic E-state index is 0.0659. The Labute approximate surface area is 233 Å². The first kappa shape index (κ1) is 32.6. The van der Waals surface area contributed by atoms with Crippen LogP contribution in [-0.4, -0.2) is 70.2 Å². The van der Waals surface area contributed by atoms with Crippen molar-refractivity contribution in [1.29, 1.82) is 0 Å². The van der Waals surface area contributed by atoms with Crippen molar-refractivity contribution in [2.24, 2.45) is 0 Å². The fourth-order valence-corrected chi connectivity index (χ4v) is 6.51. The SMILES string of the molecule is CC1=CC(C)(C)N(C)C(C)(C)C1OC(=O)CCCCCCCCC(=O)OC1C(C)=CC(C)(C)N(C)C1(C)C. The monoisotopic (exact) mass is 532 g/mol. The number of hydrogen-bond donors (Lipinski definition) is 0. The van der Waals surface area contributed by atoms with Crippen LogP contribution in [0, 0.1) is 0 Å². The summed E-state index contributed by atoms with van der Waals surface area (Å²) < 4.78 is 11.9. The van der Waals surface area contributed by atoms with E-state index in [-0.39, 0.29) is 46.3 Å². The highest BCUT2D eigenvalue weighted by Gasteiger charge is 2.47. The first-order valence-corrected chi connectivity index (χ1v) is 14.6. The summed E-state index contributed by atoms with van der Waals surface area (Å²) in [5.41, 5.74) is 1.60. The maximum absolute atomic E-state index is 12.6. The van der Waals surface area contributed by atoms with Crippen molar-refractivity contribution in [3.8, 4) is 0 Å². The summed E-state index contributed by atoms with van der Waals surface area (Å²) in [6.45, 7) is 21.5. The minimum atomic E-state index is -0.257. The lowest BCUT2D eigenvalue weighted by Gasteiger charge is -2.52. The van der Waals surface area contributed by atoms with Gasteiger partial charge in [-0.1, -0.05) is 37.8 Å². The van der Waals surface area contributed by atoms with E-state index in [4.69, 9.17) is 9.47 Å². The van der Waals surface area contributed by atoms with Gasteiger partial charge < -0.3 is 9.47 Å². The van der Waals surface area contributed by atoms with Gasteiger partial charge in [-0.05, 0) is 107 Å². The van der Waals surface area contributed by atoms with Crippen LogP contribution in [0.15, 0.2) is 23.3 Å². The highest BCUT2D eigenvalue weighted by Crippen LogP contribution is 2.39. The Kier molecular flexibility index (Phi) is 10.5. The molecule has 6 heteroatoms. The number of carbonyl (C=O) groups is 2. The highest BCUT2D eigenvalue weighted by molar-refractivity contribution is 5.70. The van der Waals surface area contributed by atoms with E-state index in [0.717, 1.165) is 49.7 Å². The second-order valence-electron chi connectivity index (χ2n) is 13.9. The van der Waals surface area contributed by atoms with Gasteiger partial charge in [0.2, 0.25) is 0 Å². The predicted molar refractivity (Wildman–Crippen MR) is 156 cm³/mol. The Morgan fingerprint density at radius 1 is 0.632 bits per heavy atom. The van der Waals surface area contributed by atoms with Gasteiger partial charge in [0.05, 0.1) is 11.1 Å². The van der Waals surface area contributed by atoms with Crippen LogP contribution in [0.3, 0.4) is 0 Å². The molecule has 6 nitrogen and oxygen atoms in total. The standard InChI is InChI=1S/C32H56N2O4/c1-23-21-29(3,4)33(11)31(7,8)27(23)37-25(35)19-17-15-13-14-16-18-20-26(36)38-28-24(2)22-30(5,6)34(12)32(28,9)10/h21-22,27-28H,13-20H2,1-12H3. The van der Waals surface area contributed by atoms with Crippen LogP contribution in [0.1, 0.15) is 121 Å². The summed E-state index contributed by atoms with van der Waals surface area (Å²) in [5.74, 6) is -0.230. The molecule has 0 saturated carbocycles. The normalized spacial score (nSPS) is 26.3. The average Bonchev–Trinajstić information content (AvgIpc) is 2.78. The minimum Gasteiger partial charge on any atom is -0.456 e. The zero-order chi connectivity index (χ0) is 29.1. The number of unbranched alkanes of at least 4 members (excludes halogenated alkanes) is 5. The molecule has 0 bridgehead atoms. The van der Waals surface area contributed by atoms with Crippen molar-refractivity contribution >= 4 is 11.9 Å². The lowest BCUT2D eigenvalue weighted by molar-refractivity contribution is -0.157. The maximum Gasteiger partial charge on any atom is 0.306 e. The summed E-state index contributed by atoms with van der Waals surface area (Å²) in [6, 6.07) is 0. The Morgan fingerprint density at radius 3 is 1.24 bits per heavy atom. The van der Waals surface area contributed by atoms with Gasteiger partial charge in [0.15, 0.2) is 0 Å². The van der Waals surface area contributed by atoms with E-state index < -0.39 is 0 Å². The van der Waals surface area contributed by atoms with Crippen molar-refractivity contribution in [1.82, 2.24) is 9.80 Å². The van der Waals surface area contributed by atoms with Crippen LogP contribution in [-0.2, 0) is 19.1 Å². The number of carbonyl (C=O) groups excluding carboxylic acids is 2. The summed E-state index contributed by atoms with van der Waals surface area (Å²) in [6.07, 6.45) is 10.7. The van der Waals surface area contributed by atoms with Crippen molar-refractivity contribution in [3.63, 3.8) is 0 Å². The first-order valence-electron chi connectivity index (χ1n) is 14.6. The molecule has 0 aliphatic carbocycles. The molecule has 2 aliphatic rings. The van der Waals surface area contributed by atoms with Crippen LogP contribution in [0.5, 0.6) is 0 Å². The number of ether oxygens (including phenoxy) is 2. The van der Waals surface area contributed by atoms with Crippen LogP contribution in [0.2, 0.25) is 0 Å². The lowest BCUT2D eigenvalue weighted by Crippen LogP contribution is -2.62. The summed E-state index contributed by atoms with van der Waals surface area (Å²) >= 11 is 0. The molecule has 2 aliphatic heterocycles. The van der Waals surface area contributed by atoms with Crippen LogP contribution in [0.4, 0.5) is 0 Å². The fourth-order valence-electron chi connectivity index (χ4n) is 6.51. The third-order valence-corrected chi connectivity index (χ3v) is 9.24. The van der Waals surface area contributed by atoms with Crippen LogP contribution < -0.4 is 0 Å². The molecule has 38 heavy (non-hydrogen) atoms. The van der Waals surface area contributed by atoms with E-state index >= 15 is 0 Å². The molecular formula is C32H56N2O4. The third-order valence-electron chi connectivity index (χ3n) is 9.24. The molecule has 2 atom stereocenters. The molecular weight excluding hydrogens is 476 g/mol. The molecule has 0 spiro atoms. The van der Waals surface area contributed by atoms with Gasteiger partial charge in [0.25, 0.3) is 0 Å². The molecule has 218 valence electrons. The molecule has 0 amide bonds. The Hall–Kier alpha value is -1.66.